The second-order valence-corrected chi connectivity index (χ2v) is 5.00. The number of hydrogen-bond donors (Lipinski definition) is 2. The van der Waals surface area contributed by atoms with E-state index < -0.39 is 5.97 Å². The minimum atomic E-state index is -0.923. The van der Waals surface area contributed by atoms with E-state index in [2.05, 4.69) is 12.6 Å². The molecule has 0 saturated heterocycles. The molecule has 1 N–H and O–H groups in total. The van der Waals surface area contributed by atoms with Gasteiger partial charge in [0.1, 0.15) is 0 Å². The molecule has 0 atom stereocenters. The van der Waals surface area contributed by atoms with Gasteiger partial charge in [0, 0.05) is 14.7 Å². The molecule has 0 saturated carbocycles. The molecule has 2 aromatic carbocycles. The maximum atomic E-state index is 10.9. The molecule has 0 spiro atoms. The van der Waals surface area contributed by atoms with Crippen LogP contribution in [0.25, 0.3) is 0 Å². The fraction of sp³-hybridized carbons (Fsp3) is 0. The first-order valence-electron chi connectivity index (χ1n) is 4.96. The van der Waals surface area contributed by atoms with Crippen molar-refractivity contribution in [3.63, 3.8) is 0 Å². The van der Waals surface area contributed by atoms with Gasteiger partial charge in [0.25, 0.3) is 0 Å². The summed E-state index contributed by atoms with van der Waals surface area (Å²) in [6.07, 6.45) is 0. The van der Waals surface area contributed by atoms with Gasteiger partial charge in [0.15, 0.2) is 0 Å². The number of rotatable bonds is 3. The van der Waals surface area contributed by atoms with Crippen LogP contribution in [-0.2, 0) is 0 Å². The van der Waals surface area contributed by atoms with E-state index >= 15 is 0 Å². The normalized spacial score (nSPS) is 9.61. The van der Waals surface area contributed by atoms with E-state index in [1.807, 2.05) is 30.3 Å². The number of carboxylic acids is 1. The van der Waals surface area contributed by atoms with E-state index in [1.54, 1.807) is 18.2 Å². The van der Waals surface area contributed by atoms with Crippen molar-refractivity contribution in [2.75, 3.05) is 0 Å². The van der Waals surface area contributed by atoms with E-state index in [4.69, 9.17) is 5.11 Å². The van der Waals surface area contributed by atoms with Crippen molar-refractivity contribution in [3.05, 3.63) is 54.1 Å². The van der Waals surface area contributed by atoms with Gasteiger partial charge in [0.2, 0.25) is 0 Å². The molecule has 18 heavy (non-hydrogen) atoms. The number of benzene rings is 2. The van der Waals surface area contributed by atoms with Crippen LogP contribution in [0.15, 0.2) is 63.2 Å². The topological polar surface area (TPSA) is 37.3 Å². The second kappa shape index (κ2) is 7.26. The van der Waals surface area contributed by atoms with Crippen LogP contribution in [0.4, 0.5) is 0 Å². The van der Waals surface area contributed by atoms with E-state index in [1.165, 1.54) is 11.8 Å². The quantitative estimate of drug-likeness (QED) is 0.672. The van der Waals surface area contributed by atoms with Gasteiger partial charge in [-0.2, -0.15) is 0 Å². The van der Waals surface area contributed by atoms with Crippen LogP contribution in [0.2, 0.25) is 0 Å². The van der Waals surface area contributed by atoms with Crippen molar-refractivity contribution in [2.45, 2.75) is 14.7 Å². The molecule has 5 heteroatoms. The van der Waals surface area contributed by atoms with Crippen molar-refractivity contribution in [3.8, 4) is 0 Å². The zero-order valence-electron chi connectivity index (χ0n) is 8.83. The summed E-state index contributed by atoms with van der Waals surface area (Å²) in [5, 5.41) is 8.93. The van der Waals surface area contributed by atoms with Crippen LogP contribution in [-0.4, -0.2) is 40.6 Å². The van der Waals surface area contributed by atoms with Gasteiger partial charge in [0.05, 0.1) is 5.56 Å². The van der Waals surface area contributed by atoms with Gasteiger partial charge >= 0.3 is 35.5 Å². The maximum absolute atomic E-state index is 10.9. The molecule has 0 heterocycles. The predicted octanol–water partition coefficient (Wildman–Crippen LogP) is 3.18. The molecule has 0 aromatic heterocycles. The van der Waals surface area contributed by atoms with Gasteiger partial charge in [-0.05, 0) is 30.3 Å². The Hall–Kier alpha value is -0.390. The van der Waals surface area contributed by atoms with E-state index in [0.717, 1.165) is 14.7 Å². The van der Waals surface area contributed by atoms with Crippen LogP contribution in [0, 0.1) is 0 Å². The summed E-state index contributed by atoms with van der Waals surface area (Å²) in [4.78, 5) is 13.6. The van der Waals surface area contributed by atoms with Crippen LogP contribution in [0.5, 0.6) is 0 Å². The molecule has 0 aliphatic carbocycles. The predicted molar refractivity (Wildman–Crippen MR) is 78.4 cm³/mol. The molecule has 2 rings (SSSR count). The fourth-order valence-corrected chi connectivity index (χ4v) is 2.53. The zero-order valence-corrected chi connectivity index (χ0v) is 10.5. The van der Waals surface area contributed by atoms with Gasteiger partial charge < -0.3 is 5.11 Å². The van der Waals surface area contributed by atoms with Crippen molar-refractivity contribution in [1.29, 1.82) is 0 Å². The Labute approximate surface area is 138 Å². The minimum absolute atomic E-state index is 0. The summed E-state index contributed by atoms with van der Waals surface area (Å²) >= 11 is 5.84. The molecule has 0 radical (unpaired) electrons. The Morgan fingerprint density at radius 1 is 1.11 bits per heavy atom. The Morgan fingerprint density at radius 3 is 2.39 bits per heavy atom. The monoisotopic (exact) mass is 286 g/mol. The van der Waals surface area contributed by atoms with Crippen molar-refractivity contribution >= 4 is 59.9 Å². The summed E-state index contributed by atoms with van der Waals surface area (Å²) in [5.74, 6) is -0.923. The van der Waals surface area contributed by atoms with Crippen LogP contribution < -0.4 is 0 Å². The summed E-state index contributed by atoms with van der Waals surface area (Å²) in [6, 6.07) is 14.7. The van der Waals surface area contributed by atoms with Crippen LogP contribution in [0.1, 0.15) is 10.4 Å². The first-order chi connectivity index (χ1) is 8.16. The number of thiol groups is 1. The van der Waals surface area contributed by atoms with Crippen LogP contribution in [0.3, 0.4) is 0 Å². The summed E-state index contributed by atoms with van der Waals surface area (Å²) in [7, 11) is 0. The van der Waals surface area contributed by atoms with Gasteiger partial charge in [-0.3, -0.25) is 0 Å². The first kappa shape index (κ1) is 15.7. The van der Waals surface area contributed by atoms with E-state index in [0.29, 0.717) is 0 Å². The Kier molecular flexibility index (Phi) is 6.32. The molecular formula is C13H11NaO2S2. The molecule has 2 nitrogen and oxygen atoms in total. The van der Waals surface area contributed by atoms with Crippen molar-refractivity contribution in [2.24, 2.45) is 0 Å². The average molecular weight is 286 g/mol. The summed E-state index contributed by atoms with van der Waals surface area (Å²) in [6.45, 7) is 0. The van der Waals surface area contributed by atoms with Gasteiger partial charge in [-0.1, -0.05) is 30.0 Å². The molecular weight excluding hydrogens is 275 g/mol. The molecule has 2 aromatic rings. The molecule has 0 amide bonds. The number of carboxylic acid groups (broad SMARTS) is 1. The number of aromatic carboxylic acids is 1. The third-order valence-electron chi connectivity index (χ3n) is 2.18. The van der Waals surface area contributed by atoms with E-state index in [-0.39, 0.29) is 35.1 Å². The van der Waals surface area contributed by atoms with Crippen molar-refractivity contribution < 1.29 is 9.90 Å². The SMILES string of the molecule is O=C(O)c1ccc(S)c(Sc2ccccc2)c1.[NaH]. The van der Waals surface area contributed by atoms with E-state index in [9.17, 15) is 4.79 Å². The molecule has 0 aliphatic rings. The third-order valence-corrected chi connectivity index (χ3v) is 3.78. The Balaban J connectivity index is 0.00000162. The fourth-order valence-electron chi connectivity index (χ4n) is 1.34. The third kappa shape index (κ3) is 4.07. The first-order valence-corrected chi connectivity index (χ1v) is 6.22. The number of carbonyl (C=O) groups is 1. The number of hydrogen-bond acceptors (Lipinski definition) is 3. The Morgan fingerprint density at radius 2 is 1.78 bits per heavy atom. The molecule has 0 unspecified atom stereocenters. The zero-order chi connectivity index (χ0) is 12.3. The van der Waals surface area contributed by atoms with Crippen LogP contribution >= 0.6 is 24.4 Å². The summed E-state index contributed by atoms with van der Waals surface area (Å²) < 4.78 is 0. The van der Waals surface area contributed by atoms with Gasteiger partial charge in [-0.15, -0.1) is 12.6 Å². The molecule has 88 valence electrons. The Bertz CT molecular complexity index is 544. The second-order valence-electron chi connectivity index (χ2n) is 3.40. The molecule has 0 bridgehead atoms. The molecule has 0 fully saturated rings. The van der Waals surface area contributed by atoms with Gasteiger partial charge in [-0.25, -0.2) is 4.79 Å². The standard InChI is InChI=1S/C13H10O2S2.Na.H/c14-13(15)9-6-7-11(16)12(8-9)17-10-4-2-1-3-5-10;;/h1-8,16H,(H,14,15);;. The van der Waals surface area contributed by atoms with Crippen molar-refractivity contribution in [1.82, 2.24) is 0 Å². The average Bonchev–Trinajstić information content (AvgIpc) is 2.33. The molecule has 0 aliphatic heterocycles. The summed E-state index contributed by atoms with van der Waals surface area (Å²) in [5.41, 5.74) is 0.279.